The highest BCUT2D eigenvalue weighted by atomic mass is 35.5. The van der Waals surface area contributed by atoms with E-state index in [1.165, 1.54) is 0 Å². The number of alkyl halides is 3. The molecule has 1 aromatic heterocycles. The molecule has 1 aromatic rings. The third kappa shape index (κ3) is 1.85. The lowest BCUT2D eigenvalue weighted by molar-refractivity contribution is -0.156. The van der Waals surface area contributed by atoms with Crippen LogP contribution in [0.5, 0.6) is 0 Å². The number of nitrogens with zero attached hydrogens (tertiary/aromatic N) is 1. The second-order valence-corrected chi connectivity index (χ2v) is 2.86. The van der Waals surface area contributed by atoms with Crippen molar-refractivity contribution < 1.29 is 17.7 Å². The standard InChI is InChI=1S/C7H7F3N2O.ClH/c8-7(9,10)6-4-3-11-2-1-5(4)12-13-6;/h11H,1-3H2;1H. The van der Waals surface area contributed by atoms with Gasteiger partial charge in [-0.15, -0.1) is 12.4 Å². The maximum absolute atomic E-state index is 12.2. The van der Waals surface area contributed by atoms with Gasteiger partial charge in [0.15, 0.2) is 0 Å². The fourth-order valence-corrected chi connectivity index (χ4v) is 1.36. The van der Waals surface area contributed by atoms with Crippen LogP contribution in [0.4, 0.5) is 13.2 Å². The predicted molar refractivity (Wildman–Crippen MR) is 44.2 cm³/mol. The van der Waals surface area contributed by atoms with Gasteiger partial charge in [-0.3, -0.25) is 0 Å². The van der Waals surface area contributed by atoms with Crippen LogP contribution in [0.2, 0.25) is 0 Å². The van der Waals surface area contributed by atoms with Gasteiger partial charge in [0.25, 0.3) is 0 Å². The van der Waals surface area contributed by atoms with Crippen LogP contribution in [0.25, 0.3) is 0 Å². The monoisotopic (exact) mass is 228 g/mol. The Balaban J connectivity index is 0.000000980. The Kier molecular flexibility index (Phi) is 3.06. The summed E-state index contributed by atoms with van der Waals surface area (Å²) in [6.45, 7) is 0.838. The highest BCUT2D eigenvalue weighted by molar-refractivity contribution is 5.85. The molecular formula is C7H8ClF3N2O. The second-order valence-electron chi connectivity index (χ2n) is 2.86. The number of halogens is 4. The molecule has 0 saturated heterocycles. The molecule has 2 heterocycles. The molecule has 0 spiro atoms. The predicted octanol–water partition coefficient (Wildman–Crippen LogP) is 1.76. The maximum Gasteiger partial charge on any atom is 0.452 e. The summed E-state index contributed by atoms with van der Waals surface area (Å²) >= 11 is 0. The van der Waals surface area contributed by atoms with Crippen molar-refractivity contribution in [1.82, 2.24) is 10.5 Å². The molecule has 0 aliphatic carbocycles. The molecule has 3 nitrogen and oxygen atoms in total. The SMILES string of the molecule is Cl.FC(F)(F)c1onc2c1CNCC2. The van der Waals surface area contributed by atoms with Gasteiger partial charge in [0.2, 0.25) is 5.76 Å². The van der Waals surface area contributed by atoms with Crippen molar-refractivity contribution in [2.75, 3.05) is 6.54 Å². The van der Waals surface area contributed by atoms with Crippen molar-refractivity contribution in [3.63, 3.8) is 0 Å². The van der Waals surface area contributed by atoms with Crippen LogP contribution in [0.15, 0.2) is 4.52 Å². The van der Waals surface area contributed by atoms with E-state index in [0.717, 1.165) is 0 Å². The minimum Gasteiger partial charge on any atom is -0.351 e. The van der Waals surface area contributed by atoms with Crippen LogP contribution in [-0.4, -0.2) is 11.7 Å². The average molecular weight is 229 g/mol. The van der Waals surface area contributed by atoms with Gasteiger partial charge in [-0.25, -0.2) is 0 Å². The van der Waals surface area contributed by atoms with Crippen LogP contribution in [0.1, 0.15) is 17.0 Å². The molecule has 0 unspecified atom stereocenters. The number of rotatable bonds is 0. The Morgan fingerprint density at radius 3 is 2.71 bits per heavy atom. The van der Waals surface area contributed by atoms with E-state index in [9.17, 15) is 13.2 Å². The Morgan fingerprint density at radius 1 is 1.36 bits per heavy atom. The fraction of sp³-hybridized carbons (Fsp3) is 0.571. The molecule has 7 heteroatoms. The highest BCUT2D eigenvalue weighted by Crippen LogP contribution is 2.34. The van der Waals surface area contributed by atoms with E-state index in [1.54, 1.807) is 0 Å². The lowest BCUT2D eigenvalue weighted by Gasteiger charge is -2.11. The van der Waals surface area contributed by atoms with Crippen molar-refractivity contribution in [3.05, 3.63) is 17.0 Å². The zero-order valence-electron chi connectivity index (χ0n) is 7.02. The van der Waals surface area contributed by atoms with E-state index in [1.807, 2.05) is 0 Å². The summed E-state index contributed by atoms with van der Waals surface area (Å²) in [7, 11) is 0. The van der Waals surface area contributed by atoms with Crippen LogP contribution < -0.4 is 5.32 Å². The highest BCUT2D eigenvalue weighted by Gasteiger charge is 2.40. The molecule has 0 radical (unpaired) electrons. The first-order valence-electron chi connectivity index (χ1n) is 3.84. The van der Waals surface area contributed by atoms with E-state index in [0.29, 0.717) is 18.7 Å². The summed E-state index contributed by atoms with van der Waals surface area (Å²) in [6, 6.07) is 0. The molecule has 2 rings (SSSR count). The van der Waals surface area contributed by atoms with E-state index in [4.69, 9.17) is 0 Å². The summed E-state index contributed by atoms with van der Waals surface area (Å²) in [5.74, 6) is -0.963. The zero-order chi connectivity index (χ0) is 9.47. The normalized spacial score (nSPS) is 15.9. The zero-order valence-corrected chi connectivity index (χ0v) is 7.84. The topological polar surface area (TPSA) is 38.1 Å². The van der Waals surface area contributed by atoms with Crippen LogP contribution in [0.3, 0.4) is 0 Å². The molecule has 0 aromatic carbocycles. The second kappa shape index (κ2) is 3.78. The number of hydrogen-bond acceptors (Lipinski definition) is 3. The largest absolute Gasteiger partial charge is 0.452 e. The fourth-order valence-electron chi connectivity index (χ4n) is 1.36. The molecule has 0 bridgehead atoms. The third-order valence-corrected chi connectivity index (χ3v) is 1.97. The van der Waals surface area contributed by atoms with Gasteiger partial charge < -0.3 is 9.84 Å². The minimum atomic E-state index is -4.43. The maximum atomic E-state index is 12.2. The quantitative estimate of drug-likeness (QED) is 0.735. The summed E-state index contributed by atoms with van der Waals surface area (Å²) in [5.41, 5.74) is 0.574. The molecule has 0 atom stereocenters. The molecule has 1 N–H and O–H groups in total. The van der Waals surface area contributed by atoms with Crippen LogP contribution >= 0.6 is 12.4 Å². The summed E-state index contributed by atoms with van der Waals surface area (Å²) in [6.07, 6.45) is -3.94. The first kappa shape index (κ1) is 11.3. The Labute approximate surface area is 84.1 Å². The van der Waals surface area contributed by atoms with Crippen molar-refractivity contribution in [2.24, 2.45) is 0 Å². The van der Waals surface area contributed by atoms with Gasteiger partial charge in [0, 0.05) is 25.1 Å². The van der Waals surface area contributed by atoms with Gasteiger partial charge in [-0.05, 0) is 0 Å². The summed E-state index contributed by atoms with van der Waals surface area (Å²) in [5, 5.41) is 6.23. The number of fused-ring (bicyclic) bond motifs is 1. The average Bonchev–Trinajstić information content (AvgIpc) is 2.45. The molecule has 0 saturated carbocycles. The third-order valence-electron chi connectivity index (χ3n) is 1.97. The summed E-state index contributed by atoms with van der Waals surface area (Å²) < 4.78 is 41.0. The van der Waals surface area contributed by atoms with E-state index in [2.05, 4.69) is 15.0 Å². The van der Waals surface area contributed by atoms with Gasteiger partial charge in [-0.2, -0.15) is 13.2 Å². The summed E-state index contributed by atoms with van der Waals surface area (Å²) in [4.78, 5) is 0. The Morgan fingerprint density at radius 2 is 2.07 bits per heavy atom. The van der Waals surface area contributed by atoms with Crippen molar-refractivity contribution in [1.29, 1.82) is 0 Å². The van der Waals surface area contributed by atoms with E-state index >= 15 is 0 Å². The van der Waals surface area contributed by atoms with Gasteiger partial charge in [0.05, 0.1) is 5.69 Å². The molecule has 14 heavy (non-hydrogen) atoms. The Hall–Kier alpha value is -0.750. The van der Waals surface area contributed by atoms with Gasteiger partial charge >= 0.3 is 6.18 Å². The molecular weight excluding hydrogens is 221 g/mol. The molecule has 1 aliphatic heterocycles. The number of hydrogen-bond donors (Lipinski definition) is 1. The number of aromatic nitrogens is 1. The first-order chi connectivity index (χ1) is 6.09. The van der Waals surface area contributed by atoms with E-state index in [-0.39, 0.29) is 24.5 Å². The molecule has 0 amide bonds. The van der Waals surface area contributed by atoms with Crippen molar-refractivity contribution in [3.8, 4) is 0 Å². The lowest BCUT2D eigenvalue weighted by atomic mass is 10.1. The van der Waals surface area contributed by atoms with Crippen molar-refractivity contribution in [2.45, 2.75) is 19.1 Å². The van der Waals surface area contributed by atoms with Gasteiger partial charge in [-0.1, -0.05) is 5.16 Å². The Bertz CT molecular complexity index is 323. The first-order valence-corrected chi connectivity index (χ1v) is 3.84. The van der Waals surface area contributed by atoms with Crippen LogP contribution in [0, 0.1) is 0 Å². The minimum absolute atomic E-state index is 0. The van der Waals surface area contributed by atoms with Crippen LogP contribution in [-0.2, 0) is 19.1 Å². The number of nitrogens with one attached hydrogen (secondary N) is 1. The van der Waals surface area contributed by atoms with Gasteiger partial charge in [0.1, 0.15) is 0 Å². The molecule has 80 valence electrons. The molecule has 1 aliphatic rings. The lowest BCUT2D eigenvalue weighted by Crippen LogP contribution is -2.24. The van der Waals surface area contributed by atoms with E-state index < -0.39 is 11.9 Å². The van der Waals surface area contributed by atoms with Crippen molar-refractivity contribution >= 4 is 12.4 Å². The smallest absolute Gasteiger partial charge is 0.351 e. The molecule has 0 fully saturated rings.